The van der Waals surface area contributed by atoms with Crippen LogP contribution in [0.3, 0.4) is 0 Å². The van der Waals surface area contributed by atoms with Crippen molar-refractivity contribution >= 4 is 17.9 Å². The first-order valence-electron chi connectivity index (χ1n) is 5.37. The molecule has 0 saturated heterocycles. The zero-order valence-corrected chi connectivity index (χ0v) is 13.8. The van der Waals surface area contributed by atoms with Gasteiger partial charge in [-0.15, -0.1) is 0 Å². The van der Waals surface area contributed by atoms with Gasteiger partial charge in [-0.1, -0.05) is 20.8 Å². The van der Waals surface area contributed by atoms with E-state index in [1.54, 1.807) is 0 Å². The fourth-order valence-electron chi connectivity index (χ4n) is 1.97. The molecule has 0 radical (unpaired) electrons. The average Bonchev–Trinajstić information content (AvgIpc) is 2.26. The first kappa shape index (κ1) is 28.4. The highest BCUT2D eigenvalue weighted by Gasteiger charge is 2.58. The summed E-state index contributed by atoms with van der Waals surface area (Å²) in [6.45, 7) is 1.54. The van der Waals surface area contributed by atoms with Gasteiger partial charge in [-0.25, -0.2) is 0 Å². The van der Waals surface area contributed by atoms with E-state index in [-0.39, 0.29) is 18.5 Å². The number of carboxylic acid groups (broad SMARTS) is 3. The molecule has 0 aliphatic carbocycles. The fourth-order valence-corrected chi connectivity index (χ4v) is 1.97. The molecule has 0 heterocycles. The standard InChI is InChI=1S/C11H18O8.3H3N/c1-9(2,6(13)14)11(19,8(17)18)10(3,4-5-12)7(15)16;;;/h12,19H,4-5H2,1-3H3,(H,13,14)(H,15,16)(H,17,18);3*1H3. The molecule has 2 unspecified atom stereocenters. The molecule has 11 nitrogen and oxygen atoms in total. The van der Waals surface area contributed by atoms with E-state index in [2.05, 4.69) is 0 Å². The largest absolute Gasteiger partial charge is 0.549 e. The van der Waals surface area contributed by atoms with Crippen LogP contribution in [-0.4, -0.2) is 40.3 Å². The van der Waals surface area contributed by atoms with Crippen LogP contribution in [0.25, 0.3) is 0 Å². The van der Waals surface area contributed by atoms with Crippen LogP contribution in [0.5, 0.6) is 0 Å². The first-order chi connectivity index (χ1) is 8.39. The molecule has 134 valence electrons. The van der Waals surface area contributed by atoms with Gasteiger partial charge >= 0.3 is 0 Å². The molecule has 0 aliphatic heterocycles. The van der Waals surface area contributed by atoms with E-state index in [1.165, 1.54) is 0 Å². The van der Waals surface area contributed by atoms with Gasteiger partial charge in [0, 0.05) is 17.4 Å². The molecule has 14 N–H and O–H groups in total. The highest BCUT2D eigenvalue weighted by Crippen LogP contribution is 2.46. The Kier molecular flexibility index (Phi) is 11.1. The van der Waals surface area contributed by atoms with Crippen molar-refractivity contribution in [2.24, 2.45) is 10.8 Å². The Morgan fingerprint density at radius 1 is 0.864 bits per heavy atom. The van der Waals surface area contributed by atoms with E-state index in [0.717, 1.165) is 20.8 Å². The SMILES string of the molecule is CC(C)(C(=O)[O-])C(O)(C(=O)[O-])C(C)(CCO)C(=O)[O-].[NH4+].[NH4+].[NH4+]. The van der Waals surface area contributed by atoms with Crippen molar-refractivity contribution in [3.63, 3.8) is 0 Å². The maximum absolute atomic E-state index is 11.2. The summed E-state index contributed by atoms with van der Waals surface area (Å²) in [6, 6.07) is 0. The van der Waals surface area contributed by atoms with E-state index in [1.807, 2.05) is 0 Å². The van der Waals surface area contributed by atoms with Crippen molar-refractivity contribution in [3.05, 3.63) is 0 Å². The number of quaternary nitrogens is 3. The summed E-state index contributed by atoms with van der Waals surface area (Å²) in [7, 11) is 0. The molecule has 0 aromatic carbocycles. The maximum Gasteiger partial charge on any atom is 0.125 e. The Labute approximate surface area is 127 Å². The number of rotatable bonds is 7. The lowest BCUT2D eigenvalue weighted by Gasteiger charge is -2.54. The number of hydrogen-bond donors (Lipinski definition) is 5. The summed E-state index contributed by atoms with van der Waals surface area (Å²) in [4.78, 5) is 33.3. The minimum atomic E-state index is -3.33. The molecular formula is C11H27N3O8. The molecule has 22 heavy (non-hydrogen) atoms. The molecule has 0 spiro atoms. The van der Waals surface area contributed by atoms with E-state index in [0.29, 0.717) is 0 Å². The highest BCUT2D eigenvalue weighted by molar-refractivity contribution is 5.92. The Morgan fingerprint density at radius 2 is 1.23 bits per heavy atom. The number of carbonyl (C=O) groups excluding carboxylic acids is 3. The monoisotopic (exact) mass is 329 g/mol. The zero-order valence-electron chi connectivity index (χ0n) is 13.8. The van der Waals surface area contributed by atoms with E-state index in [9.17, 15) is 34.8 Å². The minimum absolute atomic E-state index is 0. The van der Waals surface area contributed by atoms with Crippen molar-refractivity contribution < 1.29 is 39.9 Å². The van der Waals surface area contributed by atoms with E-state index >= 15 is 0 Å². The van der Waals surface area contributed by atoms with E-state index in [4.69, 9.17) is 5.11 Å². The Morgan fingerprint density at radius 3 is 1.41 bits per heavy atom. The van der Waals surface area contributed by atoms with E-state index < -0.39 is 47.4 Å². The summed E-state index contributed by atoms with van der Waals surface area (Å²) >= 11 is 0. The third-order valence-electron chi connectivity index (χ3n) is 3.57. The molecular weight excluding hydrogens is 302 g/mol. The molecule has 0 saturated carbocycles. The molecule has 0 aromatic rings. The topological polar surface area (TPSA) is 270 Å². The number of aliphatic hydroxyl groups excluding tert-OH is 1. The van der Waals surface area contributed by atoms with Gasteiger partial charge in [0.05, 0.1) is 17.9 Å². The van der Waals surface area contributed by atoms with Gasteiger partial charge in [-0.2, -0.15) is 0 Å². The van der Waals surface area contributed by atoms with Gasteiger partial charge in [0.1, 0.15) is 5.60 Å². The number of aliphatic hydroxyl groups is 2. The molecule has 11 heteroatoms. The van der Waals surface area contributed by atoms with Gasteiger partial charge < -0.3 is 58.4 Å². The number of carbonyl (C=O) groups is 3. The number of hydrogen-bond acceptors (Lipinski definition) is 8. The quantitative estimate of drug-likeness (QED) is 0.311. The second-order valence-corrected chi connectivity index (χ2v) is 5.00. The highest BCUT2D eigenvalue weighted by atomic mass is 16.4. The molecule has 2 atom stereocenters. The average molecular weight is 329 g/mol. The predicted octanol–water partition coefficient (Wildman–Crippen LogP) is -3.49. The maximum atomic E-state index is 11.2. The van der Waals surface area contributed by atoms with Crippen LogP contribution in [-0.2, 0) is 14.4 Å². The second-order valence-electron chi connectivity index (χ2n) is 5.00. The van der Waals surface area contributed by atoms with Crippen molar-refractivity contribution in [1.82, 2.24) is 18.5 Å². The van der Waals surface area contributed by atoms with Gasteiger partial charge in [0.15, 0.2) is 0 Å². The van der Waals surface area contributed by atoms with Gasteiger partial charge in [0.2, 0.25) is 0 Å². The lowest BCUT2D eigenvalue weighted by atomic mass is 9.58. The molecule has 0 aliphatic rings. The van der Waals surface area contributed by atoms with Crippen LogP contribution < -0.4 is 33.8 Å². The Hall–Kier alpha value is -1.79. The van der Waals surface area contributed by atoms with Crippen LogP contribution in [0.15, 0.2) is 0 Å². The summed E-state index contributed by atoms with van der Waals surface area (Å²) in [5.74, 6) is -6.31. The molecule has 0 aromatic heterocycles. The van der Waals surface area contributed by atoms with Crippen molar-refractivity contribution in [2.75, 3.05) is 6.61 Å². The smallest absolute Gasteiger partial charge is 0.125 e. The Bertz CT molecular complexity index is 414. The molecule has 0 rings (SSSR count). The van der Waals surface area contributed by atoms with Crippen LogP contribution in [0.2, 0.25) is 0 Å². The lowest BCUT2D eigenvalue weighted by Crippen LogP contribution is -2.73. The summed E-state index contributed by atoms with van der Waals surface area (Å²) in [5.41, 5.74) is -8.40. The summed E-state index contributed by atoms with van der Waals surface area (Å²) < 4.78 is 0. The van der Waals surface area contributed by atoms with Crippen molar-refractivity contribution in [1.29, 1.82) is 0 Å². The third-order valence-corrected chi connectivity index (χ3v) is 3.57. The molecule has 0 bridgehead atoms. The number of aliphatic carboxylic acids is 3. The van der Waals surface area contributed by atoms with Crippen molar-refractivity contribution in [2.45, 2.75) is 32.8 Å². The number of carboxylic acids is 3. The van der Waals surface area contributed by atoms with Gasteiger partial charge in [-0.3, -0.25) is 0 Å². The summed E-state index contributed by atoms with van der Waals surface area (Å²) in [5, 5.41) is 52.3. The lowest BCUT2D eigenvalue weighted by molar-refractivity contribution is -0.370. The third kappa shape index (κ3) is 3.69. The molecule has 0 amide bonds. The second kappa shape index (κ2) is 8.60. The zero-order chi connectivity index (χ0) is 15.6. The summed E-state index contributed by atoms with van der Waals surface area (Å²) in [6.07, 6.45) is -0.740. The van der Waals surface area contributed by atoms with Crippen LogP contribution in [0.1, 0.15) is 27.2 Å². The normalized spacial score (nSPS) is 15.7. The Balaban J connectivity index is -0.000000540. The van der Waals surface area contributed by atoms with Gasteiger partial charge in [-0.05, 0) is 6.42 Å². The fraction of sp³-hybridized carbons (Fsp3) is 0.727. The van der Waals surface area contributed by atoms with Crippen LogP contribution in [0.4, 0.5) is 0 Å². The van der Waals surface area contributed by atoms with Crippen LogP contribution >= 0.6 is 0 Å². The first-order valence-corrected chi connectivity index (χ1v) is 5.37. The van der Waals surface area contributed by atoms with Gasteiger partial charge in [0.25, 0.3) is 0 Å². The minimum Gasteiger partial charge on any atom is -0.549 e. The van der Waals surface area contributed by atoms with Crippen molar-refractivity contribution in [3.8, 4) is 0 Å². The van der Waals surface area contributed by atoms with Crippen LogP contribution in [0, 0.1) is 10.8 Å². The molecule has 0 fully saturated rings. The predicted molar refractivity (Wildman–Crippen MR) is 71.5 cm³/mol.